The number of carbonyl (C=O) groups excluding carboxylic acids is 1. The lowest BCUT2D eigenvalue weighted by Crippen LogP contribution is -2.16. The Morgan fingerprint density at radius 1 is 1.36 bits per heavy atom. The molecule has 1 aromatic rings. The summed E-state index contributed by atoms with van der Waals surface area (Å²) in [6, 6.07) is 0. The van der Waals surface area contributed by atoms with Gasteiger partial charge in [-0.15, -0.1) is 0 Å². The Labute approximate surface area is 77.0 Å². The van der Waals surface area contributed by atoms with Crippen molar-refractivity contribution >= 4 is 5.91 Å². The second-order valence-electron chi connectivity index (χ2n) is 2.54. The number of carbonyl (C=O) groups is 1. The molecule has 0 atom stereocenters. The van der Waals surface area contributed by atoms with Crippen molar-refractivity contribution in [3.8, 4) is 0 Å². The molecule has 4 nitrogen and oxygen atoms in total. The Kier molecular flexibility index (Phi) is 2.68. The van der Waals surface area contributed by atoms with E-state index in [9.17, 15) is 18.0 Å². The van der Waals surface area contributed by atoms with Gasteiger partial charge in [0.05, 0.1) is 5.56 Å². The molecule has 14 heavy (non-hydrogen) atoms. The summed E-state index contributed by atoms with van der Waals surface area (Å²) in [5, 5.41) is 0. The lowest BCUT2D eigenvalue weighted by Gasteiger charge is -2.04. The lowest BCUT2D eigenvalue weighted by molar-refractivity contribution is -0.128. The minimum absolute atomic E-state index is 0.0177. The first-order valence-corrected chi connectivity index (χ1v) is 3.56. The second kappa shape index (κ2) is 3.60. The highest BCUT2D eigenvalue weighted by molar-refractivity contribution is 5.91. The van der Waals surface area contributed by atoms with Gasteiger partial charge in [-0.05, 0) is 0 Å². The van der Waals surface area contributed by atoms with Crippen LogP contribution < -0.4 is 5.73 Å². The zero-order chi connectivity index (χ0) is 10.8. The van der Waals surface area contributed by atoms with E-state index in [1.165, 1.54) is 0 Å². The van der Waals surface area contributed by atoms with Gasteiger partial charge in [0.15, 0.2) is 0 Å². The van der Waals surface area contributed by atoms with Crippen molar-refractivity contribution in [2.24, 2.45) is 5.73 Å². The van der Waals surface area contributed by atoms with E-state index in [4.69, 9.17) is 5.73 Å². The summed E-state index contributed by atoms with van der Waals surface area (Å²) in [4.78, 5) is 17.2. The highest BCUT2D eigenvalue weighted by atomic mass is 19.4. The third-order valence-electron chi connectivity index (χ3n) is 1.35. The van der Waals surface area contributed by atoms with Gasteiger partial charge >= 0.3 is 6.18 Å². The molecule has 0 spiro atoms. The molecule has 0 saturated carbocycles. The average Bonchev–Trinajstić information content (AvgIpc) is 2.02. The van der Waals surface area contributed by atoms with Crippen molar-refractivity contribution in [1.29, 1.82) is 0 Å². The molecular weight excluding hydrogens is 199 g/mol. The number of rotatable bonds is 2. The smallest absolute Gasteiger partial charge is 0.366 e. The third kappa shape index (κ3) is 3.00. The molecule has 0 aliphatic rings. The van der Waals surface area contributed by atoms with Crippen LogP contribution in [0.5, 0.6) is 0 Å². The fraction of sp³-hybridized carbons (Fsp3) is 0.286. The summed E-state index contributed by atoms with van der Waals surface area (Å²) in [7, 11) is 0. The Hall–Kier alpha value is -1.66. The van der Waals surface area contributed by atoms with Crippen molar-refractivity contribution in [2.45, 2.75) is 12.6 Å². The summed E-state index contributed by atoms with van der Waals surface area (Å²) >= 11 is 0. The fourth-order valence-corrected chi connectivity index (χ4v) is 0.753. The number of primary amides is 1. The van der Waals surface area contributed by atoms with Crippen LogP contribution in [-0.4, -0.2) is 22.1 Å². The third-order valence-corrected chi connectivity index (χ3v) is 1.35. The molecule has 0 aromatic carbocycles. The maximum atomic E-state index is 11.8. The van der Waals surface area contributed by atoms with Crippen molar-refractivity contribution in [3.05, 3.63) is 23.8 Å². The predicted octanol–water partition coefficient (Wildman–Crippen LogP) is 0.680. The molecule has 76 valence electrons. The zero-order valence-electron chi connectivity index (χ0n) is 6.88. The molecule has 0 saturated heterocycles. The first kappa shape index (κ1) is 10.4. The molecular formula is C7H6F3N3O. The average molecular weight is 205 g/mol. The van der Waals surface area contributed by atoms with Crippen LogP contribution in [0, 0.1) is 0 Å². The molecule has 0 fully saturated rings. The molecule has 2 N–H and O–H groups in total. The Morgan fingerprint density at radius 2 is 1.86 bits per heavy atom. The molecule has 1 amide bonds. The van der Waals surface area contributed by atoms with Gasteiger partial charge < -0.3 is 5.73 Å². The van der Waals surface area contributed by atoms with Crippen LogP contribution in [0.25, 0.3) is 0 Å². The number of nitrogens with zero attached hydrogens (tertiary/aromatic N) is 2. The van der Waals surface area contributed by atoms with Gasteiger partial charge in [-0.3, -0.25) is 4.79 Å². The van der Waals surface area contributed by atoms with Crippen LogP contribution >= 0.6 is 0 Å². The van der Waals surface area contributed by atoms with Crippen molar-refractivity contribution in [1.82, 2.24) is 9.97 Å². The fourth-order valence-electron chi connectivity index (χ4n) is 0.753. The molecule has 1 heterocycles. The van der Waals surface area contributed by atoms with Gasteiger partial charge in [0.2, 0.25) is 0 Å². The first-order chi connectivity index (χ1) is 6.38. The summed E-state index contributed by atoms with van der Waals surface area (Å²) in [5.41, 5.74) is 4.83. The number of hydrogen-bond donors (Lipinski definition) is 1. The number of hydrogen-bond acceptors (Lipinski definition) is 3. The maximum Gasteiger partial charge on any atom is 0.396 e. The number of halogens is 3. The van der Waals surface area contributed by atoms with E-state index in [2.05, 4.69) is 9.97 Å². The van der Waals surface area contributed by atoms with E-state index >= 15 is 0 Å². The minimum Gasteiger partial charge on any atom is -0.366 e. The van der Waals surface area contributed by atoms with Crippen LogP contribution in [0.15, 0.2) is 12.4 Å². The van der Waals surface area contributed by atoms with E-state index in [-0.39, 0.29) is 11.4 Å². The minimum atomic E-state index is -4.35. The van der Waals surface area contributed by atoms with E-state index in [0.717, 1.165) is 12.4 Å². The van der Waals surface area contributed by atoms with E-state index in [1.807, 2.05) is 0 Å². The van der Waals surface area contributed by atoms with Crippen molar-refractivity contribution < 1.29 is 18.0 Å². The van der Waals surface area contributed by atoms with Crippen molar-refractivity contribution in [3.63, 3.8) is 0 Å². The summed E-state index contributed by atoms with van der Waals surface area (Å²) < 4.78 is 35.5. The van der Waals surface area contributed by atoms with Crippen LogP contribution in [0.4, 0.5) is 13.2 Å². The molecule has 0 aliphatic carbocycles. The molecule has 0 unspecified atom stereocenters. The van der Waals surface area contributed by atoms with Gasteiger partial charge in [-0.2, -0.15) is 13.2 Å². The summed E-state index contributed by atoms with van der Waals surface area (Å²) in [6.07, 6.45) is -3.63. The molecule has 7 heteroatoms. The number of nitrogens with two attached hydrogens (primary N) is 1. The SMILES string of the molecule is NC(=O)c1cnc(CC(F)(F)F)nc1. The van der Waals surface area contributed by atoms with Crippen LogP contribution in [0.2, 0.25) is 0 Å². The largest absolute Gasteiger partial charge is 0.396 e. The first-order valence-electron chi connectivity index (χ1n) is 3.56. The number of amides is 1. The van der Waals surface area contributed by atoms with E-state index in [0.29, 0.717) is 0 Å². The molecule has 1 aromatic heterocycles. The van der Waals surface area contributed by atoms with Crippen LogP contribution in [-0.2, 0) is 6.42 Å². The summed E-state index contributed by atoms with van der Waals surface area (Å²) in [6.45, 7) is 0. The Balaban J connectivity index is 2.79. The standard InChI is InChI=1S/C7H6F3N3O/c8-7(9,10)1-5-12-2-4(3-13-5)6(11)14/h2-3H,1H2,(H2,11,14). The predicted molar refractivity (Wildman–Crippen MR) is 40.3 cm³/mol. The monoisotopic (exact) mass is 205 g/mol. The maximum absolute atomic E-state index is 11.8. The highest BCUT2D eigenvalue weighted by Gasteiger charge is 2.29. The Morgan fingerprint density at radius 3 is 2.21 bits per heavy atom. The zero-order valence-corrected chi connectivity index (χ0v) is 6.88. The molecule has 0 bridgehead atoms. The topological polar surface area (TPSA) is 68.9 Å². The van der Waals surface area contributed by atoms with E-state index < -0.39 is 18.5 Å². The number of alkyl halides is 3. The van der Waals surface area contributed by atoms with Crippen LogP contribution in [0.1, 0.15) is 16.2 Å². The van der Waals surface area contributed by atoms with E-state index in [1.54, 1.807) is 0 Å². The number of aromatic nitrogens is 2. The highest BCUT2D eigenvalue weighted by Crippen LogP contribution is 2.18. The normalized spacial score (nSPS) is 11.4. The molecule has 0 aliphatic heterocycles. The van der Waals surface area contributed by atoms with Gasteiger partial charge in [-0.25, -0.2) is 9.97 Å². The Bertz CT molecular complexity index is 333. The van der Waals surface area contributed by atoms with Gasteiger partial charge in [-0.1, -0.05) is 0 Å². The van der Waals surface area contributed by atoms with Gasteiger partial charge in [0.25, 0.3) is 5.91 Å². The van der Waals surface area contributed by atoms with Crippen LogP contribution in [0.3, 0.4) is 0 Å². The quantitative estimate of drug-likeness (QED) is 0.771. The van der Waals surface area contributed by atoms with Crippen molar-refractivity contribution in [2.75, 3.05) is 0 Å². The lowest BCUT2D eigenvalue weighted by atomic mass is 10.3. The second-order valence-corrected chi connectivity index (χ2v) is 2.54. The summed E-state index contributed by atoms with van der Waals surface area (Å²) in [5.74, 6) is -1.16. The molecule has 1 rings (SSSR count). The van der Waals surface area contributed by atoms with Gasteiger partial charge in [0.1, 0.15) is 12.2 Å². The molecule has 0 radical (unpaired) electrons. The van der Waals surface area contributed by atoms with Gasteiger partial charge in [0, 0.05) is 12.4 Å².